The van der Waals surface area contributed by atoms with Crippen LogP contribution in [0.15, 0.2) is 15.5 Å². The van der Waals surface area contributed by atoms with E-state index in [2.05, 4.69) is 10.5 Å². The van der Waals surface area contributed by atoms with E-state index in [0.717, 1.165) is 0 Å². The lowest BCUT2D eigenvalue weighted by Crippen LogP contribution is -2.23. The van der Waals surface area contributed by atoms with E-state index >= 15 is 0 Å². The van der Waals surface area contributed by atoms with Crippen LogP contribution < -0.4 is 5.32 Å². The van der Waals surface area contributed by atoms with Crippen LogP contribution in [0.5, 0.6) is 0 Å². The van der Waals surface area contributed by atoms with E-state index in [1.165, 1.54) is 24.9 Å². The third-order valence-corrected chi connectivity index (χ3v) is 3.75. The lowest BCUT2D eigenvalue weighted by Gasteiger charge is -2.10. The van der Waals surface area contributed by atoms with Crippen LogP contribution in [0.3, 0.4) is 0 Å². The number of hydrogen-bond acceptors (Lipinski definition) is 7. The van der Waals surface area contributed by atoms with Gasteiger partial charge in [-0.15, -0.1) is 11.8 Å². The second-order valence-corrected chi connectivity index (χ2v) is 5.20. The Morgan fingerprint density at radius 3 is 2.90 bits per heavy atom. The van der Waals surface area contributed by atoms with E-state index in [4.69, 9.17) is 9.26 Å². The maximum atomic E-state index is 12.4. The number of rotatable bonds is 6. The topological polar surface area (TPSA) is 98.5 Å². The quantitative estimate of drug-likeness (QED) is 0.784. The van der Waals surface area contributed by atoms with Crippen molar-refractivity contribution in [1.82, 2.24) is 10.5 Å². The van der Waals surface area contributed by atoms with E-state index < -0.39 is 17.5 Å². The first-order chi connectivity index (χ1) is 10.1. The molecule has 1 aliphatic carbocycles. The molecule has 21 heavy (non-hydrogen) atoms. The number of carbonyl (C=O) groups is 3. The molecule has 1 amide bonds. The molecule has 0 aliphatic heterocycles. The van der Waals surface area contributed by atoms with Gasteiger partial charge in [0.15, 0.2) is 5.69 Å². The highest BCUT2D eigenvalue weighted by Gasteiger charge is 2.35. The van der Waals surface area contributed by atoms with Gasteiger partial charge in [-0.1, -0.05) is 5.16 Å². The Morgan fingerprint density at radius 2 is 2.24 bits per heavy atom. The molecule has 1 N–H and O–H groups in total. The summed E-state index contributed by atoms with van der Waals surface area (Å²) in [6.07, 6.45) is 1.21. The van der Waals surface area contributed by atoms with Gasteiger partial charge in [0.05, 0.1) is 11.5 Å². The number of amides is 1. The molecule has 1 aromatic rings. The van der Waals surface area contributed by atoms with Gasteiger partial charge < -0.3 is 14.6 Å². The molecule has 0 unspecified atom stereocenters. The number of hydrogen-bond donors (Lipinski definition) is 1. The fraction of sp³-hybridized carbons (Fsp3) is 0.385. The summed E-state index contributed by atoms with van der Waals surface area (Å²) in [7, 11) is 1.41. The minimum absolute atomic E-state index is 0.0687. The van der Waals surface area contributed by atoms with Crippen LogP contribution in [-0.4, -0.2) is 48.6 Å². The first kappa shape index (κ1) is 15.5. The van der Waals surface area contributed by atoms with E-state index in [9.17, 15) is 14.4 Å². The Labute approximate surface area is 125 Å². The van der Waals surface area contributed by atoms with Crippen molar-refractivity contribution in [2.45, 2.75) is 6.92 Å². The van der Waals surface area contributed by atoms with Gasteiger partial charge in [-0.2, -0.15) is 0 Å². The average molecular weight is 310 g/mol. The maximum Gasteiger partial charge on any atom is 0.274 e. The summed E-state index contributed by atoms with van der Waals surface area (Å²) in [4.78, 5) is 36.2. The van der Waals surface area contributed by atoms with Crippen molar-refractivity contribution in [1.29, 1.82) is 0 Å². The van der Waals surface area contributed by atoms with Crippen molar-refractivity contribution in [3.63, 3.8) is 0 Å². The fourth-order valence-electron chi connectivity index (χ4n) is 1.78. The number of thioether (sulfide) groups is 1. The predicted octanol–water partition coefficient (Wildman–Crippen LogP) is 1.07. The Balaban J connectivity index is 2.23. The van der Waals surface area contributed by atoms with Crippen LogP contribution in [-0.2, 0) is 4.74 Å². The summed E-state index contributed by atoms with van der Waals surface area (Å²) < 4.78 is 10.0. The normalized spacial score (nSPS) is 13.9. The molecule has 1 aromatic heterocycles. The van der Waals surface area contributed by atoms with Gasteiger partial charge >= 0.3 is 0 Å². The highest BCUT2D eigenvalue weighted by Crippen LogP contribution is 2.30. The molecule has 1 aliphatic rings. The van der Waals surface area contributed by atoms with E-state index in [-0.39, 0.29) is 21.9 Å². The zero-order valence-corrected chi connectivity index (χ0v) is 12.4. The number of Topliss-reactive ketones (excluding diaryl/α,β-unsaturated/α-hetero) is 1. The molecule has 0 atom stereocenters. The Bertz CT molecular complexity index is 620. The Morgan fingerprint density at radius 1 is 1.48 bits per heavy atom. The molecule has 7 nitrogen and oxygen atoms in total. The number of ketones is 2. The van der Waals surface area contributed by atoms with Gasteiger partial charge in [0.2, 0.25) is 17.3 Å². The Kier molecular flexibility index (Phi) is 4.92. The zero-order valence-electron chi connectivity index (χ0n) is 11.6. The summed E-state index contributed by atoms with van der Waals surface area (Å²) in [5, 5.41) is 5.87. The second-order valence-electron chi connectivity index (χ2n) is 4.06. The van der Waals surface area contributed by atoms with Crippen LogP contribution in [0.1, 0.15) is 38.3 Å². The molecule has 1 heterocycles. The highest BCUT2D eigenvalue weighted by atomic mass is 32.2. The molecule has 0 fully saturated rings. The molecule has 0 saturated carbocycles. The third kappa shape index (κ3) is 3.06. The van der Waals surface area contributed by atoms with Gasteiger partial charge in [-0.3, -0.25) is 14.4 Å². The predicted molar refractivity (Wildman–Crippen MR) is 75.6 cm³/mol. The summed E-state index contributed by atoms with van der Waals surface area (Å²) in [5.41, 5.74) is -0.234. The average Bonchev–Trinajstić information content (AvgIpc) is 2.93. The first-order valence-electron chi connectivity index (χ1n) is 6.33. The van der Waals surface area contributed by atoms with Crippen molar-refractivity contribution < 1.29 is 23.6 Å². The molecular weight excluding hydrogens is 296 g/mol. The Hall–Kier alpha value is -1.93. The molecule has 0 saturated heterocycles. The minimum atomic E-state index is -0.568. The molecule has 0 aromatic carbocycles. The zero-order chi connectivity index (χ0) is 15.4. The van der Waals surface area contributed by atoms with Crippen LogP contribution in [0.25, 0.3) is 0 Å². The molecule has 0 bridgehead atoms. The number of fused-ring (bicyclic) bond motifs is 1. The maximum absolute atomic E-state index is 12.4. The second kappa shape index (κ2) is 6.68. The summed E-state index contributed by atoms with van der Waals surface area (Å²) >= 11 is 1.21. The highest BCUT2D eigenvalue weighted by molar-refractivity contribution is 8.04. The van der Waals surface area contributed by atoms with E-state index in [0.29, 0.717) is 19.0 Å². The van der Waals surface area contributed by atoms with Crippen LogP contribution in [0, 0.1) is 0 Å². The SMILES string of the molecule is CCOCCSC1=CC(=O)c2onc(C(=O)NC)c2C1=O. The molecule has 8 heteroatoms. The van der Waals surface area contributed by atoms with Gasteiger partial charge in [-0.25, -0.2) is 0 Å². The summed E-state index contributed by atoms with van der Waals surface area (Å²) in [5.74, 6) is -1.11. The summed E-state index contributed by atoms with van der Waals surface area (Å²) in [6, 6.07) is 0. The number of nitrogens with one attached hydrogen (secondary N) is 1. The van der Waals surface area contributed by atoms with Crippen molar-refractivity contribution in [2.75, 3.05) is 26.0 Å². The molecule has 0 radical (unpaired) electrons. The smallest absolute Gasteiger partial charge is 0.274 e. The number of nitrogens with zero attached hydrogens (tertiary/aromatic N) is 1. The van der Waals surface area contributed by atoms with Crippen LogP contribution >= 0.6 is 11.8 Å². The van der Waals surface area contributed by atoms with Crippen molar-refractivity contribution in [3.8, 4) is 0 Å². The molecular formula is C13H14N2O5S. The lowest BCUT2D eigenvalue weighted by atomic mass is 10.00. The van der Waals surface area contributed by atoms with Crippen LogP contribution in [0.4, 0.5) is 0 Å². The number of allylic oxidation sites excluding steroid dienone is 2. The first-order valence-corrected chi connectivity index (χ1v) is 7.31. The van der Waals surface area contributed by atoms with E-state index in [1.54, 1.807) is 0 Å². The fourth-order valence-corrected chi connectivity index (χ4v) is 2.62. The number of carbonyl (C=O) groups excluding carboxylic acids is 3. The van der Waals surface area contributed by atoms with Gasteiger partial charge in [0, 0.05) is 25.5 Å². The molecule has 112 valence electrons. The number of aromatic nitrogens is 1. The van der Waals surface area contributed by atoms with E-state index in [1.807, 2.05) is 6.92 Å². The van der Waals surface area contributed by atoms with Crippen LogP contribution in [0.2, 0.25) is 0 Å². The largest absolute Gasteiger partial charge is 0.381 e. The lowest BCUT2D eigenvalue weighted by molar-refractivity contribution is 0.0944. The van der Waals surface area contributed by atoms with Crippen molar-refractivity contribution in [3.05, 3.63) is 28.0 Å². The minimum Gasteiger partial charge on any atom is -0.381 e. The number of ether oxygens (including phenoxy) is 1. The monoisotopic (exact) mass is 310 g/mol. The van der Waals surface area contributed by atoms with Gasteiger partial charge in [-0.05, 0) is 6.92 Å². The van der Waals surface area contributed by atoms with Crippen molar-refractivity contribution in [2.24, 2.45) is 0 Å². The standard InChI is InChI=1S/C13H14N2O5S/c1-3-19-4-5-21-8-6-7(16)12-9(11(8)17)10(15-20-12)13(18)14-2/h6H,3-5H2,1-2H3,(H,14,18). The van der Waals surface area contributed by atoms with Gasteiger partial charge in [0.1, 0.15) is 5.56 Å². The summed E-state index contributed by atoms with van der Waals surface area (Å²) in [6.45, 7) is 2.93. The molecule has 0 spiro atoms. The third-order valence-electron chi connectivity index (χ3n) is 2.76. The van der Waals surface area contributed by atoms with Gasteiger partial charge in [0.25, 0.3) is 5.91 Å². The van der Waals surface area contributed by atoms with Crippen molar-refractivity contribution >= 4 is 29.2 Å². The molecule has 2 rings (SSSR count).